The van der Waals surface area contributed by atoms with Gasteiger partial charge < -0.3 is 15.1 Å². The van der Waals surface area contributed by atoms with Crippen molar-refractivity contribution in [1.29, 1.82) is 0 Å². The maximum Gasteiger partial charge on any atom is 0.239 e. The van der Waals surface area contributed by atoms with Crippen LogP contribution in [-0.4, -0.2) is 85.4 Å². The van der Waals surface area contributed by atoms with Crippen molar-refractivity contribution in [3.63, 3.8) is 0 Å². The number of nitrogens with zero attached hydrogens (tertiary/aromatic N) is 3. The predicted octanol–water partition coefficient (Wildman–Crippen LogP) is 0.243. The lowest BCUT2D eigenvalue weighted by Gasteiger charge is -2.37. The minimum absolute atomic E-state index is 0.000720. The smallest absolute Gasteiger partial charge is 0.239 e. The number of nitrogens with one attached hydrogen (secondary N) is 1. The topological polar surface area (TPSA) is 55.9 Å². The fourth-order valence-electron chi connectivity index (χ4n) is 2.49. The highest BCUT2D eigenvalue weighted by Crippen LogP contribution is 2.06. The van der Waals surface area contributed by atoms with Gasteiger partial charge in [0.15, 0.2) is 0 Å². The van der Waals surface area contributed by atoms with Gasteiger partial charge in [0.05, 0.1) is 6.04 Å². The molecular formula is C16H32N4O2. The molecule has 1 atom stereocenters. The van der Waals surface area contributed by atoms with E-state index in [4.69, 9.17) is 0 Å². The van der Waals surface area contributed by atoms with Gasteiger partial charge in [0, 0.05) is 45.2 Å². The maximum absolute atomic E-state index is 12.5. The molecule has 6 heteroatoms. The number of carbonyl (C=O) groups excluding carboxylic acids is 2. The van der Waals surface area contributed by atoms with Gasteiger partial charge in [0.2, 0.25) is 11.8 Å². The standard InChI is InChI=1S/C16H32N4O2/c1-6-19-9-11-20(12-10-19)16(22)14(4)18(5)8-7-17-15(21)13(2)3/h13-14H,6-12H2,1-5H3,(H,17,21). The Hall–Kier alpha value is -1.14. The lowest BCUT2D eigenvalue weighted by Crippen LogP contribution is -2.54. The first kappa shape index (κ1) is 18.9. The third-order valence-electron chi connectivity index (χ3n) is 4.44. The zero-order valence-electron chi connectivity index (χ0n) is 14.8. The molecule has 0 radical (unpaired) electrons. The fraction of sp³-hybridized carbons (Fsp3) is 0.875. The number of piperazine rings is 1. The summed E-state index contributed by atoms with van der Waals surface area (Å²) in [5.41, 5.74) is 0. The highest BCUT2D eigenvalue weighted by atomic mass is 16.2. The minimum Gasteiger partial charge on any atom is -0.355 e. The molecule has 0 saturated carbocycles. The predicted molar refractivity (Wildman–Crippen MR) is 88.6 cm³/mol. The molecule has 0 aromatic rings. The van der Waals surface area contributed by atoms with Crippen LogP contribution in [0.25, 0.3) is 0 Å². The first-order chi connectivity index (χ1) is 10.4. The Balaban J connectivity index is 2.34. The molecule has 1 unspecified atom stereocenters. The zero-order valence-corrected chi connectivity index (χ0v) is 14.8. The number of hydrogen-bond donors (Lipinski definition) is 1. The summed E-state index contributed by atoms with van der Waals surface area (Å²) < 4.78 is 0. The molecule has 128 valence electrons. The van der Waals surface area contributed by atoms with Crippen molar-refractivity contribution in [2.24, 2.45) is 5.92 Å². The van der Waals surface area contributed by atoms with Crippen molar-refractivity contribution < 1.29 is 9.59 Å². The van der Waals surface area contributed by atoms with Crippen molar-refractivity contribution in [2.75, 3.05) is 52.9 Å². The molecule has 0 aliphatic carbocycles. The van der Waals surface area contributed by atoms with Crippen LogP contribution in [0.3, 0.4) is 0 Å². The maximum atomic E-state index is 12.5. The Morgan fingerprint density at radius 2 is 1.73 bits per heavy atom. The van der Waals surface area contributed by atoms with Crippen LogP contribution in [0.5, 0.6) is 0 Å². The van der Waals surface area contributed by atoms with E-state index in [0.29, 0.717) is 13.1 Å². The monoisotopic (exact) mass is 312 g/mol. The van der Waals surface area contributed by atoms with Crippen molar-refractivity contribution in [2.45, 2.75) is 33.7 Å². The van der Waals surface area contributed by atoms with Gasteiger partial charge in [-0.3, -0.25) is 14.5 Å². The van der Waals surface area contributed by atoms with Crippen LogP contribution in [0.1, 0.15) is 27.7 Å². The normalized spacial score (nSPS) is 17.9. The van der Waals surface area contributed by atoms with E-state index >= 15 is 0 Å². The number of likely N-dealkylation sites (N-methyl/N-ethyl adjacent to an activating group) is 2. The molecule has 6 nitrogen and oxygen atoms in total. The lowest BCUT2D eigenvalue weighted by molar-refractivity contribution is -0.137. The molecular weight excluding hydrogens is 280 g/mol. The molecule has 1 N–H and O–H groups in total. The largest absolute Gasteiger partial charge is 0.355 e. The summed E-state index contributed by atoms with van der Waals surface area (Å²) in [6.07, 6.45) is 0. The summed E-state index contributed by atoms with van der Waals surface area (Å²) >= 11 is 0. The van der Waals surface area contributed by atoms with E-state index in [1.54, 1.807) is 0 Å². The Morgan fingerprint density at radius 1 is 1.14 bits per heavy atom. The Kier molecular flexibility index (Phi) is 7.82. The van der Waals surface area contributed by atoms with Crippen LogP contribution in [0.15, 0.2) is 0 Å². The van der Waals surface area contributed by atoms with Gasteiger partial charge in [0.1, 0.15) is 0 Å². The first-order valence-corrected chi connectivity index (χ1v) is 8.35. The van der Waals surface area contributed by atoms with Gasteiger partial charge in [-0.25, -0.2) is 0 Å². The van der Waals surface area contributed by atoms with Gasteiger partial charge in [-0.05, 0) is 20.5 Å². The number of carbonyl (C=O) groups is 2. The van der Waals surface area contributed by atoms with E-state index in [-0.39, 0.29) is 23.8 Å². The van der Waals surface area contributed by atoms with Gasteiger partial charge >= 0.3 is 0 Å². The second-order valence-corrected chi connectivity index (χ2v) is 6.36. The quantitative estimate of drug-likeness (QED) is 0.732. The van der Waals surface area contributed by atoms with Crippen LogP contribution < -0.4 is 5.32 Å². The summed E-state index contributed by atoms with van der Waals surface area (Å²) in [6, 6.07) is -0.149. The van der Waals surface area contributed by atoms with Crippen molar-refractivity contribution >= 4 is 11.8 Å². The molecule has 0 aromatic heterocycles. The second kappa shape index (κ2) is 9.10. The molecule has 1 saturated heterocycles. The van der Waals surface area contributed by atoms with Gasteiger partial charge in [0.25, 0.3) is 0 Å². The molecule has 1 aliphatic heterocycles. The average molecular weight is 312 g/mol. The number of hydrogen-bond acceptors (Lipinski definition) is 4. The minimum atomic E-state index is -0.149. The molecule has 1 heterocycles. The molecule has 2 amide bonds. The van der Waals surface area contributed by atoms with E-state index in [9.17, 15) is 9.59 Å². The van der Waals surface area contributed by atoms with E-state index in [1.165, 1.54) is 0 Å². The Morgan fingerprint density at radius 3 is 2.23 bits per heavy atom. The fourth-order valence-corrected chi connectivity index (χ4v) is 2.49. The summed E-state index contributed by atoms with van der Waals surface area (Å²) in [6.45, 7) is 13.7. The second-order valence-electron chi connectivity index (χ2n) is 6.36. The summed E-state index contributed by atoms with van der Waals surface area (Å²) in [7, 11) is 1.94. The van der Waals surface area contributed by atoms with Crippen molar-refractivity contribution in [3.05, 3.63) is 0 Å². The van der Waals surface area contributed by atoms with Crippen LogP contribution in [0.2, 0.25) is 0 Å². The summed E-state index contributed by atoms with van der Waals surface area (Å²) in [4.78, 5) is 30.4. The number of amides is 2. The van der Waals surface area contributed by atoms with Gasteiger partial charge in [-0.15, -0.1) is 0 Å². The van der Waals surface area contributed by atoms with Crippen LogP contribution in [0.4, 0.5) is 0 Å². The highest BCUT2D eigenvalue weighted by molar-refractivity contribution is 5.81. The SMILES string of the molecule is CCN1CCN(C(=O)C(C)N(C)CCNC(=O)C(C)C)CC1. The Labute approximate surface area is 134 Å². The molecule has 1 aliphatic rings. The number of rotatable bonds is 7. The molecule has 0 bridgehead atoms. The molecule has 0 aromatic carbocycles. The molecule has 1 rings (SSSR count). The van der Waals surface area contributed by atoms with E-state index in [0.717, 1.165) is 32.7 Å². The third kappa shape index (κ3) is 5.57. The van der Waals surface area contributed by atoms with Crippen LogP contribution >= 0.6 is 0 Å². The zero-order chi connectivity index (χ0) is 16.7. The first-order valence-electron chi connectivity index (χ1n) is 8.35. The van der Waals surface area contributed by atoms with Gasteiger partial charge in [-0.1, -0.05) is 20.8 Å². The molecule has 0 spiro atoms. The van der Waals surface area contributed by atoms with Crippen LogP contribution in [-0.2, 0) is 9.59 Å². The molecule has 22 heavy (non-hydrogen) atoms. The molecule has 1 fully saturated rings. The van der Waals surface area contributed by atoms with Gasteiger partial charge in [-0.2, -0.15) is 0 Å². The third-order valence-corrected chi connectivity index (χ3v) is 4.44. The lowest BCUT2D eigenvalue weighted by atomic mass is 10.2. The summed E-state index contributed by atoms with van der Waals surface area (Å²) in [5, 5.41) is 2.89. The van der Waals surface area contributed by atoms with E-state index < -0.39 is 0 Å². The highest BCUT2D eigenvalue weighted by Gasteiger charge is 2.26. The van der Waals surface area contributed by atoms with E-state index in [1.807, 2.05) is 37.6 Å². The average Bonchev–Trinajstić information content (AvgIpc) is 2.53. The Bertz CT molecular complexity index is 365. The van der Waals surface area contributed by atoms with E-state index in [2.05, 4.69) is 17.1 Å². The van der Waals surface area contributed by atoms with Crippen molar-refractivity contribution in [1.82, 2.24) is 20.0 Å². The van der Waals surface area contributed by atoms with Crippen molar-refractivity contribution in [3.8, 4) is 0 Å². The summed E-state index contributed by atoms with van der Waals surface area (Å²) in [5.74, 6) is 0.246. The van der Waals surface area contributed by atoms with Crippen LogP contribution in [0, 0.1) is 5.92 Å².